The van der Waals surface area contributed by atoms with Crippen molar-refractivity contribution >= 4 is 38.8 Å². The monoisotopic (exact) mass is 568 g/mol. The number of fused-ring (bicyclic) bond motifs is 1. The molecule has 5 N–H and O–H groups in total. The van der Waals surface area contributed by atoms with Crippen LogP contribution in [0.1, 0.15) is 48.0 Å². The number of nitrogens with two attached hydrogens (primary N) is 1. The number of likely N-dealkylation sites (tertiary alicyclic amines) is 1. The summed E-state index contributed by atoms with van der Waals surface area (Å²) < 4.78 is 42.0. The summed E-state index contributed by atoms with van der Waals surface area (Å²) in [5.41, 5.74) is 4.97. The number of carbonyl (C=O) groups is 1. The molecule has 3 aromatic rings. The number of anilines is 1. The van der Waals surface area contributed by atoms with E-state index in [9.17, 15) is 23.1 Å². The fraction of sp³-hybridized carbons (Fsp3) is 0.458. The van der Waals surface area contributed by atoms with Gasteiger partial charge in [0.2, 0.25) is 5.95 Å². The Morgan fingerprint density at radius 1 is 1.31 bits per heavy atom. The highest BCUT2D eigenvalue weighted by Gasteiger charge is 2.36. The number of rotatable bonds is 8. The van der Waals surface area contributed by atoms with E-state index >= 15 is 0 Å². The number of alkyl halides is 3. The Balaban J connectivity index is 1.67. The number of benzene rings is 1. The van der Waals surface area contributed by atoms with Crippen molar-refractivity contribution in [2.75, 3.05) is 31.5 Å². The van der Waals surface area contributed by atoms with Crippen LogP contribution in [0.15, 0.2) is 29.0 Å². The molecule has 1 aliphatic heterocycles. The lowest BCUT2D eigenvalue weighted by atomic mass is 10.0. The van der Waals surface area contributed by atoms with Crippen molar-refractivity contribution in [3.05, 3.63) is 40.1 Å². The Hall–Kier alpha value is -2.70. The Morgan fingerprint density at radius 2 is 2.11 bits per heavy atom. The van der Waals surface area contributed by atoms with E-state index < -0.39 is 17.7 Å². The summed E-state index contributed by atoms with van der Waals surface area (Å²) in [5.74, 6) is -1.02. The lowest BCUT2D eigenvalue weighted by Crippen LogP contribution is -2.36. The van der Waals surface area contributed by atoms with Crippen LogP contribution < -0.4 is 11.1 Å². The van der Waals surface area contributed by atoms with Crippen molar-refractivity contribution in [2.24, 2.45) is 5.73 Å². The van der Waals surface area contributed by atoms with Gasteiger partial charge < -0.3 is 26.0 Å². The summed E-state index contributed by atoms with van der Waals surface area (Å²) >= 11 is 3.25. The predicted octanol–water partition coefficient (Wildman–Crippen LogP) is 5.11. The summed E-state index contributed by atoms with van der Waals surface area (Å²) in [4.78, 5) is 25.0. The van der Waals surface area contributed by atoms with E-state index in [2.05, 4.69) is 41.1 Å². The van der Waals surface area contributed by atoms with Crippen LogP contribution in [0.2, 0.25) is 0 Å². The summed E-state index contributed by atoms with van der Waals surface area (Å²) in [5, 5.41) is 13.0. The van der Waals surface area contributed by atoms with Gasteiger partial charge in [-0.25, -0.2) is 14.8 Å². The molecule has 0 aliphatic carbocycles. The molecule has 1 saturated heterocycles. The summed E-state index contributed by atoms with van der Waals surface area (Å²) in [6.07, 6.45) is 2.43. The number of hydrogen-bond donors (Lipinski definition) is 4. The maximum atomic E-state index is 13.9. The van der Waals surface area contributed by atoms with Gasteiger partial charge in [0, 0.05) is 35.9 Å². The first-order valence-electron chi connectivity index (χ1n) is 11.9. The molecule has 0 saturated carbocycles. The van der Waals surface area contributed by atoms with Crippen LogP contribution in [0.25, 0.3) is 22.2 Å². The summed E-state index contributed by atoms with van der Waals surface area (Å²) in [6.45, 7) is 3.31. The molecule has 1 atom stereocenters. The van der Waals surface area contributed by atoms with Gasteiger partial charge in [0.15, 0.2) is 0 Å². The lowest BCUT2D eigenvalue weighted by molar-refractivity contribution is -0.137. The first-order valence-corrected chi connectivity index (χ1v) is 12.6. The molecule has 0 amide bonds. The molecule has 12 heteroatoms. The van der Waals surface area contributed by atoms with Gasteiger partial charge in [-0.3, -0.25) is 0 Å². The van der Waals surface area contributed by atoms with Gasteiger partial charge in [-0.05, 0) is 67.3 Å². The number of nitrogens with zero attached hydrogens (tertiary/aromatic N) is 3. The molecule has 1 fully saturated rings. The van der Waals surface area contributed by atoms with Gasteiger partial charge in [0.25, 0.3) is 0 Å². The summed E-state index contributed by atoms with van der Waals surface area (Å²) in [7, 11) is 0. The topological polar surface area (TPSA) is 120 Å². The van der Waals surface area contributed by atoms with Gasteiger partial charge in [0.05, 0.1) is 21.2 Å². The molecule has 8 nitrogen and oxygen atoms in total. The molecule has 0 bridgehead atoms. The average Bonchev–Trinajstić information content (AvgIpc) is 3.13. The van der Waals surface area contributed by atoms with Gasteiger partial charge in [-0.1, -0.05) is 12.5 Å². The zero-order valence-corrected chi connectivity index (χ0v) is 21.1. The minimum absolute atomic E-state index is 0.00127. The first-order chi connectivity index (χ1) is 17.2. The fourth-order valence-corrected chi connectivity index (χ4v) is 5.22. The number of aromatic nitrogens is 3. The lowest BCUT2D eigenvalue weighted by Gasteiger charge is -2.25. The Kier molecular flexibility index (Phi) is 8.16. The quantitative estimate of drug-likeness (QED) is 0.279. The molecular weight excluding hydrogens is 541 g/mol. The van der Waals surface area contributed by atoms with Crippen LogP contribution in [0, 0.1) is 0 Å². The molecule has 0 spiro atoms. The van der Waals surface area contributed by atoms with Crippen molar-refractivity contribution < 1.29 is 23.1 Å². The standard InChI is InChI=1S/C24H28BrF3N6O2/c25-19-16(22(35)36)7-6-15-17(11-30-21(15)19)20-18(24(26,27)28)12-31-23(33-20)32-14-5-1-3-9-34(13-14)10-4-2-8-29/h6-7,11-12,14,30H,1-5,8-10,13,29H2,(H,35,36)(H,31,32,33)/t14-/m0/s1. The zero-order chi connectivity index (χ0) is 25.9. The molecule has 2 aromatic heterocycles. The smallest absolute Gasteiger partial charge is 0.419 e. The Bertz CT molecular complexity index is 1230. The summed E-state index contributed by atoms with van der Waals surface area (Å²) in [6, 6.07) is 2.84. The third-order valence-corrected chi connectivity index (χ3v) is 7.21. The number of carboxylic acid groups (broad SMARTS) is 1. The number of H-pyrrole nitrogens is 1. The maximum Gasteiger partial charge on any atom is 0.419 e. The van der Waals surface area contributed by atoms with Crippen LogP contribution in [0.3, 0.4) is 0 Å². The van der Waals surface area contributed by atoms with Gasteiger partial charge in [-0.15, -0.1) is 0 Å². The van der Waals surface area contributed by atoms with Crippen molar-refractivity contribution in [3.63, 3.8) is 0 Å². The second-order valence-electron chi connectivity index (χ2n) is 8.94. The van der Waals surface area contributed by atoms with Gasteiger partial charge in [-0.2, -0.15) is 13.2 Å². The number of halogens is 4. The van der Waals surface area contributed by atoms with E-state index in [0.717, 1.165) is 57.9 Å². The number of aromatic amines is 1. The molecule has 36 heavy (non-hydrogen) atoms. The van der Waals surface area contributed by atoms with Crippen LogP contribution >= 0.6 is 15.9 Å². The normalized spacial score (nSPS) is 17.3. The Morgan fingerprint density at radius 3 is 2.83 bits per heavy atom. The molecule has 1 aliphatic rings. The molecule has 1 aromatic carbocycles. The van der Waals surface area contributed by atoms with Gasteiger partial charge >= 0.3 is 12.1 Å². The maximum absolute atomic E-state index is 13.9. The minimum atomic E-state index is -4.67. The van der Waals surface area contributed by atoms with Gasteiger partial charge in [0.1, 0.15) is 5.56 Å². The molecule has 3 heterocycles. The number of aromatic carboxylic acids is 1. The molecule has 0 radical (unpaired) electrons. The average molecular weight is 569 g/mol. The van der Waals surface area contributed by atoms with Crippen molar-refractivity contribution in [2.45, 2.75) is 44.3 Å². The SMILES string of the molecule is NCCCCN1CCCC[C@H](Nc2ncc(C(F)(F)F)c(-c3c[nH]c4c(Br)c(C(=O)O)ccc34)n2)C1. The molecular formula is C24H28BrF3N6O2. The van der Waals surface area contributed by atoms with E-state index in [-0.39, 0.29) is 33.3 Å². The van der Waals surface area contributed by atoms with E-state index in [1.54, 1.807) is 0 Å². The highest BCUT2D eigenvalue weighted by molar-refractivity contribution is 9.10. The van der Waals surface area contributed by atoms with E-state index in [4.69, 9.17) is 5.73 Å². The second-order valence-corrected chi connectivity index (χ2v) is 9.74. The van der Waals surface area contributed by atoms with Crippen LogP contribution in [0.5, 0.6) is 0 Å². The van der Waals surface area contributed by atoms with E-state index in [0.29, 0.717) is 17.4 Å². The third-order valence-electron chi connectivity index (χ3n) is 6.39. The van der Waals surface area contributed by atoms with Crippen molar-refractivity contribution in [1.29, 1.82) is 0 Å². The largest absolute Gasteiger partial charge is 0.478 e. The van der Waals surface area contributed by atoms with Crippen molar-refractivity contribution in [1.82, 2.24) is 19.9 Å². The van der Waals surface area contributed by atoms with E-state index in [1.165, 1.54) is 18.3 Å². The van der Waals surface area contributed by atoms with E-state index in [1.807, 2.05) is 0 Å². The van der Waals surface area contributed by atoms with Crippen molar-refractivity contribution in [3.8, 4) is 11.3 Å². The third kappa shape index (κ3) is 5.81. The Labute approximate surface area is 214 Å². The predicted molar refractivity (Wildman–Crippen MR) is 135 cm³/mol. The molecule has 4 rings (SSSR count). The zero-order valence-electron chi connectivity index (χ0n) is 19.5. The molecule has 194 valence electrons. The number of carboxylic acids is 1. The van der Waals surface area contributed by atoms with Crippen LogP contribution in [-0.4, -0.2) is 63.1 Å². The highest BCUT2D eigenvalue weighted by atomic mass is 79.9. The molecule has 0 unspecified atom stereocenters. The number of nitrogens with one attached hydrogen (secondary N) is 2. The van der Waals surface area contributed by atoms with Crippen LogP contribution in [-0.2, 0) is 6.18 Å². The van der Waals surface area contributed by atoms with Crippen LogP contribution in [0.4, 0.5) is 19.1 Å². The fourth-order valence-electron chi connectivity index (χ4n) is 4.59. The minimum Gasteiger partial charge on any atom is -0.478 e. The highest BCUT2D eigenvalue weighted by Crippen LogP contribution is 2.40. The number of hydrogen-bond acceptors (Lipinski definition) is 6. The second kappa shape index (κ2) is 11.1. The first kappa shape index (κ1) is 26.4. The number of unbranched alkanes of at least 4 members (excludes halogenated alkanes) is 1.